The van der Waals surface area contributed by atoms with Crippen LogP contribution in [0.1, 0.15) is 31.0 Å². The largest absolute Gasteiger partial charge is 0.379 e. The molecule has 1 atom stereocenters. The maximum Gasteiger partial charge on any atom is 0.142 e. The first-order valence-corrected chi connectivity index (χ1v) is 5.85. The van der Waals surface area contributed by atoms with Gasteiger partial charge in [0.2, 0.25) is 0 Å². The van der Waals surface area contributed by atoms with Crippen LogP contribution in [0.15, 0.2) is 0 Å². The average molecular weight is 234 g/mol. The molecular weight excluding hydrogens is 216 g/mol. The first-order chi connectivity index (χ1) is 8.06. The number of nitrogens with one attached hydrogen (secondary N) is 1. The molecule has 0 aliphatic carbocycles. The molecular formula is C12H18N4O. The van der Waals surface area contributed by atoms with Crippen molar-refractivity contribution < 1.29 is 4.74 Å². The highest BCUT2D eigenvalue weighted by molar-refractivity contribution is 5.56. The van der Waals surface area contributed by atoms with Gasteiger partial charge in [0.15, 0.2) is 0 Å². The highest BCUT2D eigenvalue weighted by Crippen LogP contribution is 2.26. The summed E-state index contributed by atoms with van der Waals surface area (Å²) in [6, 6.07) is 2.20. The molecule has 1 N–H and O–H groups in total. The number of rotatable bonds is 2. The van der Waals surface area contributed by atoms with Gasteiger partial charge in [-0.15, -0.1) is 0 Å². The normalized spacial score (nSPS) is 24.4. The third kappa shape index (κ3) is 2.27. The van der Waals surface area contributed by atoms with Gasteiger partial charge in [-0.3, -0.25) is 4.68 Å². The van der Waals surface area contributed by atoms with Gasteiger partial charge in [0, 0.05) is 13.7 Å². The van der Waals surface area contributed by atoms with Gasteiger partial charge in [0.05, 0.1) is 17.8 Å². The zero-order valence-corrected chi connectivity index (χ0v) is 10.6. The number of ether oxygens (including phenoxy) is 1. The van der Waals surface area contributed by atoms with E-state index in [9.17, 15) is 0 Å². The molecule has 0 aromatic carbocycles. The molecule has 1 aromatic rings. The van der Waals surface area contributed by atoms with Crippen molar-refractivity contribution in [1.82, 2.24) is 9.78 Å². The summed E-state index contributed by atoms with van der Waals surface area (Å²) in [5, 5.41) is 16.8. The Bertz CT molecular complexity index is 452. The zero-order valence-electron chi connectivity index (χ0n) is 10.6. The van der Waals surface area contributed by atoms with Crippen molar-refractivity contribution in [2.45, 2.75) is 32.2 Å². The van der Waals surface area contributed by atoms with Crippen molar-refractivity contribution >= 4 is 5.82 Å². The van der Waals surface area contributed by atoms with Gasteiger partial charge < -0.3 is 10.1 Å². The van der Waals surface area contributed by atoms with Crippen LogP contribution in [0.2, 0.25) is 0 Å². The van der Waals surface area contributed by atoms with Gasteiger partial charge in [-0.05, 0) is 26.7 Å². The minimum atomic E-state index is -0.107. The molecule has 0 bridgehead atoms. The van der Waals surface area contributed by atoms with E-state index in [1.165, 1.54) is 0 Å². The smallest absolute Gasteiger partial charge is 0.142 e. The SMILES string of the molecule is Cc1nn(C)c(NC2(C)CCCOC2)c1C#N. The summed E-state index contributed by atoms with van der Waals surface area (Å²) in [5.41, 5.74) is 1.28. The maximum atomic E-state index is 9.15. The van der Waals surface area contributed by atoms with Gasteiger partial charge in [0.1, 0.15) is 17.5 Å². The van der Waals surface area contributed by atoms with Crippen LogP contribution in [0.3, 0.4) is 0 Å². The van der Waals surface area contributed by atoms with Crippen LogP contribution in [-0.4, -0.2) is 28.5 Å². The number of anilines is 1. The lowest BCUT2D eigenvalue weighted by molar-refractivity contribution is 0.0537. The van der Waals surface area contributed by atoms with E-state index in [0.29, 0.717) is 12.2 Å². The van der Waals surface area contributed by atoms with E-state index in [0.717, 1.165) is 31.0 Å². The van der Waals surface area contributed by atoms with Crippen molar-refractivity contribution in [3.63, 3.8) is 0 Å². The lowest BCUT2D eigenvalue weighted by atomic mass is 9.94. The first kappa shape index (κ1) is 11.9. The summed E-state index contributed by atoms with van der Waals surface area (Å²) in [5.74, 6) is 0.790. The van der Waals surface area contributed by atoms with Crippen LogP contribution in [0, 0.1) is 18.3 Å². The minimum Gasteiger partial charge on any atom is -0.379 e. The van der Waals surface area contributed by atoms with Crippen molar-refractivity contribution in [2.75, 3.05) is 18.5 Å². The van der Waals surface area contributed by atoms with Gasteiger partial charge in [-0.1, -0.05) is 0 Å². The second-order valence-corrected chi connectivity index (χ2v) is 4.89. The summed E-state index contributed by atoms with van der Waals surface area (Å²) in [7, 11) is 1.85. The molecule has 17 heavy (non-hydrogen) atoms. The van der Waals surface area contributed by atoms with Crippen molar-refractivity contribution in [3.8, 4) is 6.07 Å². The molecule has 1 aromatic heterocycles. The summed E-state index contributed by atoms with van der Waals surface area (Å²) >= 11 is 0. The van der Waals surface area contributed by atoms with E-state index in [1.54, 1.807) is 4.68 Å². The molecule has 1 unspecified atom stereocenters. The second-order valence-electron chi connectivity index (χ2n) is 4.89. The highest BCUT2D eigenvalue weighted by Gasteiger charge is 2.29. The third-order valence-electron chi connectivity index (χ3n) is 3.19. The van der Waals surface area contributed by atoms with Crippen molar-refractivity contribution in [2.24, 2.45) is 7.05 Å². The number of hydrogen-bond donors (Lipinski definition) is 1. The van der Waals surface area contributed by atoms with Crippen LogP contribution >= 0.6 is 0 Å². The molecule has 5 nitrogen and oxygen atoms in total. The zero-order chi connectivity index (χ0) is 12.5. The number of aromatic nitrogens is 2. The Kier molecular flexibility index (Phi) is 3.07. The van der Waals surface area contributed by atoms with Gasteiger partial charge >= 0.3 is 0 Å². The van der Waals surface area contributed by atoms with E-state index in [2.05, 4.69) is 23.4 Å². The van der Waals surface area contributed by atoms with E-state index in [1.807, 2.05) is 14.0 Å². The monoisotopic (exact) mass is 234 g/mol. The predicted molar refractivity (Wildman–Crippen MR) is 64.7 cm³/mol. The van der Waals surface area contributed by atoms with Gasteiger partial charge in [-0.2, -0.15) is 10.4 Å². The molecule has 5 heteroatoms. The lowest BCUT2D eigenvalue weighted by Gasteiger charge is -2.35. The van der Waals surface area contributed by atoms with Gasteiger partial charge in [0.25, 0.3) is 0 Å². The summed E-state index contributed by atoms with van der Waals surface area (Å²) < 4.78 is 7.23. The molecule has 0 radical (unpaired) electrons. The topological polar surface area (TPSA) is 62.9 Å². The molecule has 0 saturated carbocycles. The molecule has 0 amide bonds. The quantitative estimate of drug-likeness (QED) is 0.844. The molecule has 0 spiro atoms. The molecule has 1 aliphatic rings. The Morgan fingerprint density at radius 3 is 2.94 bits per heavy atom. The Morgan fingerprint density at radius 2 is 2.35 bits per heavy atom. The highest BCUT2D eigenvalue weighted by atomic mass is 16.5. The molecule has 2 rings (SSSR count). The summed E-state index contributed by atoms with van der Waals surface area (Å²) in [6.45, 7) is 5.47. The number of hydrogen-bond acceptors (Lipinski definition) is 4. The lowest BCUT2D eigenvalue weighted by Crippen LogP contribution is -2.43. The molecule has 1 saturated heterocycles. The fraction of sp³-hybridized carbons (Fsp3) is 0.667. The molecule has 2 heterocycles. The van der Waals surface area contributed by atoms with E-state index in [-0.39, 0.29) is 5.54 Å². The Hall–Kier alpha value is -1.54. The summed E-state index contributed by atoms with van der Waals surface area (Å²) in [6.07, 6.45) is 2.09. The van der Waals surface area contributed by atoms with Crippen molar-refractivity contribution in [3.05, 3.63) is 11.3 Å². The van der Waals surface area contributed by atoms with Crippen LogP contribution in [0.25, 0.3) is 0 Å². The van der Waals surface area contributed by atoms with E-state index >= 15 is 0 Å². The molecule has 1 aliphatic heterocycles. The van der Waals surface area contributed by atoms with E-state index < -0.39 is 0 Å². The molecule has 92 valence electrons. The Labute approximate surface area is 101 Å². The Balaban J connectivity index is 2.26. The molecule has 1 fully saturated rings. The standard InChI is InChI=1S/C12H18N4O/c1-9-10(7-13)11(16(3)15-9)14-12(2)5-4-6-17-8-12/h14H,4-6,8H2,1-3H3. The number of nitriles is 1. The average Bonchev–Trinajstić information content (AvgIpc) is 2.54. The predicted octanol–water partition coefficient (Wildman–Crippen LogP) is 1.58. The minimum absolute atomic E-state index is 0.107. The van der Waals surface area contributed by atoms with Gasteiger partial charge in [-0.25, -0.2) is 0 Å². The van der Waals surface area contributed by atoms with Crippen LogP contribution in [0.5, 0.6) is 0 Å². The first-order valence-electron chi connectivity index (χ1n) is 5.85. The summed E-state index contributed by atoms with van der Waals surface area (Å²) in [4.78, 5) is 0. The maximum absolute atomic E-state index is 9.15. The number of aryl methyl sites for hydroxylation is 2. The third-order valence-corrected chi connectivity index (χ3v) is 3.19. The second kappa shape index (κ2) is 4.38. The van der Waals surface area contributed by atoms with Crippen LogP contribution in [-0.2, 0) is 11.8 Å². The van der Waals surface area contributed by atoms with Crippen molar-refractivity contribution in [1.29, 1.82) is 5.26 Å². The Morgan fingerprint density at radius 1 is 1.59 bits per heavy atom. The van der Waals surface area contributed by atoms with Crippen LogP contribution in [0.4, 0.5) is 5.82 Å². The number of nitrogens with zero attached hydrogens (tertiary/aromatic N) is 3. The fourth-order valence-corrected chi connectivity index (χ4v) is 2.25. The fourth-order valence-electron chi connectivity index (χ4n) is 2.25. The van der Waals surface area contributed by atoms with Crippen LogP contribution < -0.4 is 5.32 Å². The van der Waals surface area contributed by atoms with E-state index in [4.69, 9.17) is 10.00 Å².